The van der Waals surface area contributed by atoms with Gasteiger partial charge in [-0.2, -0.15) is 0 Å². The Bertz CT molecular complexity index is 45.5. The van der Waals surface area contributed by atoms with Crippen molar-refractivity contribution in [1.29, 1.82) is 0 Å². The first kappa shape index (κ1) is 4.09. The summed E-state index contributed by atoms with van der Waals surface area (Å²) in [7, 11) is 0. The van der Waals surface area contributed by atoms with Gasteiger partial charge >= 0.3 is 0 Å². The summed E-state index contributed by atoms with van der Waals surface area (Å²) in [4.78, 5) is 0. The van der Waals surface area contributed by atoms with Crippen LogP contribution < -0.4 is 11.5 Å². The lowest BCUT2D eigenvalue weighted by Crippen LogP contribution is -2.84. The van der Waals surface area contributed by atoms with Gasteiger partial charge in [-0.3, -0.25) is 0 Å². The summed E-state index contributed by atoms with van der Waals surface area (Å²) < 4.78 is 0. The summed E-state index contributed by atoms with van der Waals surface area (Å²) in [6.07, 6.45) is 2.60. The Hall–Kier alpha value is -0.0800. The Balaban J connectivity index is 2.20. The van der Waals surface area contributed by atoms with Gasteiger partial charge in [-0.1, -0.05) is 0 Å². The number of quaternary nitrogens is 2. The molecule has 2 nitrogen and oxygen atoms in total. The lowest BCUT2D eigenvalue weighted by molar-refractivity contribution is -0.555. The van der Waals surface area contributed by atoms with Gasteiger partial charge in [-0.25, -0.2) is 0 Å². The predicted octanol–water partition coefficient (Wildman–Crippen LogP) is -2.00. The van der Waals surface area contributed by atoms with E-state index in [0.717, 1.165) is 0 Å². The van der Waals surface area contributed by atoms with Crippen molar-refractivity contribution >= 4 is 0 Å². The molecule has 0 aromatic rings. The summed E-state index contributed by atoms with van der Waals surface area (Å²) in [5.41, 5.74) is 7.72. The van der Waals surface area contributed by atoms with E-state index < -0.39 is 0 Å². The van der Waals surface area contributed by atoms with E-state index in [9.17, 15) is 0 Å². The van der Waals surface area contributed by atoms with Crippen LogP contribution in [0.1, 0.15) is 12.8 Å². The fourth-order valence-corrected chi connectivity index (χ4v) is 0.638. The maximum absolute atomic E-state index is 3.86. The Morgan fingerprint density at radius 1 is 1.00 bits per heavy atom. The predicted molar refractivity (Wildman–Crippen MR) is 22.6 cm³/mol. The SMILES string of the molecule is [NH3+]C1CCC1[NH3+]. The lowest BCUT2D eigenvalue weighted by atomic mass is 9.88. The van der Waals surface area contributed by atoms with Gasteiger partial charge in [0.1, 0.15) is 12.1 Å². The molecule has 2 unspecified atom stereocenters. The minimum absolute atomic E-state index is 0.671. The molecule has 0 aliphatic heterocycles. The average molecular weight is 88.2 g/mol. The van der Waals surface area contributed by atoms with Gasteiger partial charge in [0.15, 0.2) is 0 Å². The second-order valence-electron chi connectivity index (χ2n) is 2.10. The van der Waals surface area contributed by atoms with Gasteiger partial charge in [-0.15, -0.1) is 0 Å². The highest BCUT2D eigenvalue weighted by atomic mass is 14.8. The lowest BCUT2D eigenvalue weighted by Gasteiger charge is -2.21. The van der Waals surface area contributed by atoms with Crippen LogP contribution in [-0.4, -0.2) is 12.1 Å². The van der Waals surface area contributed by atoms with Crippen LogP contribution in [0.15, 0.2) is 0 Å². The summed E-state index contributed by atoms with van der Waals surface area (Å²) in [5, 5.41) is 0. The van der Waals surface area contributed by atoms with Gasteiger partial charge in [0.2, 0.25) is 0 Å². The molecule has 0 radical (unpaired) electrons. The Morgan fingerprint density at radius 2 is 1.33 bits per heavy atom. The molecule has 1 aliphatic carbocycles. The van der Waals surface area contributed by atoms with Crippen molar-refractivity contribution in [2.75, 3.05) is 0 Å². The van der Waals surface area contributed by atoms with Crippen LogP contribution in [-0.2, 0) is 0 Å². The first-order chi connectivity index (χ1) is 2.80. The van der Waals surface area contributed by atoms with Crippen LogP contribution in [0.2, 0.25) is 0 Å². The molecule has 6 heavy (non-hydrogen) atoms. The third-order valence-corrected chi connectivity index (χ3v) is 1.57. The van der Waals surface area contributed by atoms with E-state index in [1.807, 2.05) is 0 Å². The highest BCUT2D eigenvalue weighted by Crippen LogP contribution is 2.10. The molecular weight excluding hydrogens is 76.1 g/mol. The van der Waals surface area contributed by atoms with Crippen molar-refractivity contribution in [1.82, 2.24) is 0 Å². The molecular formula is C4H12N2+2. The van der Waals surface area contributed by atoms with Crippen molar-refractivity contribution in [3.8, 4) is 0 Å². The van der Waals surface area contributed by atoms with Crippen LogP contribution in [0.3, 0.4) is 0 Å². The first-order valence-electron chi connectivity index (χ1n) is 2.47. The van der Waals surface area contributed by atoms with Gasteiger partial charge in [0.05, 0.1) is 0 Å². The van der Waals surface area contributed by atoms with Crippen LogP contribution >= 0.6 is 0 Å². The molecule has 0 bridgehead atoms. The van der Waals surface area contributed by atoms with Crippen molar-refractivity contribution < 1.29 is 11.5 Å². The van der Waals surface area contributed by atoms with E-state index >= 15 is 0 Å². The molecule has 2 heteroatoms. The summed E-state index contributed by atoms with van der Waals surface area (Å²) in [5.74, 6) is 0. The van der Waals surface area contributed by atoms with Crippen molar-refractivity contribution in [3.63, 3.8) is 0 Å². The fraction of sp³-hybridized carbons (Fsp3) is 1.00. The minimum atomic E-state index is 0.671. The van der Waals surface area contributed by atoms with Gasteiger partial charge < -0.3 is 11.5 Å². The molecule has 1 fully saturated rings. The molecule has 0 amide bonds. The Kier molecular flexibility index (Phi) is 0.821. The Labute approximate surface area is 37.5 Å². The molecule has 0 saturated heterocycles. The topological polar surface area (TPSA) is 55.3 Å². The third kappa shape index (κ3) is 0.420. The highest BCUT2D eigenvalue weighted by Gasteiger charge is 2.30. The van der Waals surface area contributed by atoms with Crippen LogP contribution in [0.25, 0.3) is 0 Å². The molecule has 0 spiro atoms. The molecule has 0 aromatic carbocycles. The van der Waals surface area contributed by atoms with Gasteiger partial charge in [0, 0.05) is 12.8 Å². The van der Waals surface area contributed by atoms with E-state index in [2.05, 4.69) is 11.5 Å². The van der Waals surface area contributed by atoms with Crippen LogP contribution in [0, 0.1) is 0 Å². The zero-order chi connectivity index (χ0) is 4.57. The van der Waals surface area contributed by atoms with Gasteiger partial charge in [0.25, 0.3) is 0 Å². The first-order valence-corrected chi connectivity index (χ1v) is 2.47. The highest BCUT2D eigenvalue weighted by molar-refractivity contribution is 4.75. The summed E-state index contributed by atoms with van der Waals surface area (Å²) in [6, 6.07) is 1.34. The number of rotatable bonds is 0. The largest absolute Gasteiger partial charge is 0.350 e. The molecule has 1 aliphatic rings. The number of hydrogen-bond acceptors (Lipinski definition) is 0. The molecule has 36 valence electrons. The number of hydrogen-bond donors (Lipinski definition) is 2. The molecule has 0 heterocycles. The standard InChI is InChI=1S/C4H10N2/c5-3-1-2-4(3)6/h3-4H,1-2,5-6H2/p+2. The second-order valence-corrected chi connectivity index (χ2v) is 2.10. The quantitative estimate of drug-likeness (QED) is 0.344. The van der Waals surface area contributed by atoms with Crippen molar-refractivity contribution in [2.24, 2.45) is 0 Å². The maximum Gasteiger partial charge on any atom is 0.137 e. The Morgan fingerprint density at radius 3 is 1.33 bits per heavy atom. The zero-order valence-electron chi connectivity index (χ0n) is 3.98. The van der Waals surface area contributed by atoms with Gasteiger partial charge in [-0.05, 0) is 0 Å². The van der Waals surface area contributed by atoms with Crippen molar-refractivity contribution in [3.05, 3.63) is 0 Å². The molecule has 1 rings (SSSR count). The fourth-order valence-electron chi connectivity index (χ4n) is 0.638. The third-order valence-electron chi connectivity index (χ3n) is 1.57. The molecule has 0 aromatic heterocycles. The second kappa shape index (κ2) is 1.21. The minimum Gasteiger partial charge on any atom is -0.350 e. The normalized spacial score (nSPS) is 45.0. The molecule has 6 N–H and O–H groups in total. The molecule has 1 saturated carbocycles. The van der Waals surface area contributed by atoms with Crippen LogP contribution in [0.5, 0.6) is 0 Å². The smallest absolute Gasteiger partial charge is 0.137 e. The monoisotopic (exact) mass is 88.1 g/mol. The van der Waals surface area contributed by atoms with Crippen molar-refractivity contribution in [2.45, 2.75) is 24.9 Å². The van der Waals surface area contributed by atoms with E-state index in [1.54, 1.807) is 0 Å². The van der Waals surface area contributed by atoms with E-state index in [4.69, 9.17) is 0 Å². The zero-order valence-corrected chi connectivity index (χ0v) is 3.98. The maximum atomic E-state index is 3.86. The van der Waals surface area contributed by atoms with E-state index in [0.29, 0.717) is 12.1 Å². The summed E-state index contributed by atoms with van der Waals surface area (Å²) in [6.45, 7) is 0. The van der Waals surface area contributed by atoms with E-state index in [1.165, 1.54) is 12.8 Å². The van der Waals surface area contributed by atoms with Crippen LogP contribution in [0.4, 0.5) is 0 Å². The van der Waals surface area contributed by atoms with E-state index in [-0.39, 0.29) is 0 Å². The molecule has 2 atom stereocenters. The summed E-state index contributed by atoms with van der Waals surface area (Å²) >= 11 is 0. The average Bonchev–Trinajstić information content (AvgIpc) is 1.61.